The first-order chi connectivity index (χ1) is 17.2. The summed E-state index contributed by atoms with van der Waals surface area (Å²) in [4.78, 5) is 31.5. The SMILES string of the molecule is Cc1cc(OCC2c3ccsc3CCN2C(=O)CN(CC(C)C)C(=O)c2ccc(F)cc2)ccc1Cl. The highest BCUT2D eigenvalue weighted by Gasteiger charge is 2.33. The monoisotopic (exact) mass is 528 g/mol. The van der Waals surface area contributed by atoms with E-state index in [-0.39, 0.29) is 30.3 Å². The van der Waals surface area contributed by atoms with Crippen LogP contribution < -0.4 is 4.74 Å². The van der Waals surface area contributed by atoms with Crippen LogP contribution in [0.15, 0.2) is 53.9 Å². The summed E-state index contributed by atoms with van der Waals surface area (Å²) in [5, 5.41) is 2.72. The number of benzene rings is 2. The van der Waals surface area contributed by atoms with Gasteiger partial charge in [0.2, 0.25) is 5.91 Å². The molecule has 0 bridgehead atoms. The van der Waals surface area contributed by atoms with E-state index in [0.29, 0.717) is 36.0 Å². The topological polar surface area (TPSA) is 49.9 Å². The van der Waals surface area contributed by atoms with Crippen LogP contribution in [-0.4, -0.2) is 47.9 Å². The Labute approximate surface area is 220 Å². The van der Waals surface area contributed by atoms with Crippen LogP contribution in [-0.2, 0) is 11.2 Å². The van der Waals surface area contributed by atoms with E-state index in [1.165, 1.54) is 29.1 Å². The molecule has 0 saturated heterocycles. The number of amides is 2. The van der Waals surface area contributed by atoms with Gasteiger partial charge in [-0.3, -0.25) is 9.59 Å². The molecule has 190 valence electrons. The minimum Gasteiger partial charge on any atom is -0.491 e. The highest BCUT2D eigenvalue weighted by Crippen LogP contribution is 2.34. The van der Waals surface area contributed by atoms with Crippen LogP contribution >= 0.6 is 22.9 Å². The quantitative estimate of drug-likeness (QED) is 0.352. The zero-order chi connectivity index (χ0) is 25.8. The molecule has 1 aromatic heterocycles. The molecule has 1 unspecified atom stereocenters. The van der Waals surface area contributed by atoms with Crippen molar-refractivity contribution >= 4 is 34.8 Å². The zero-order valence-corrected chi connectivity index (χ0v) is 22.2. The van der Waals surface area contributed by atoms with Crippen molar-refractivity contribution in [2.75, 3.05) is 26.2 Å². The van der Waals surface area contributed by atoms with E-state index in [4.69, 9.17) is 16.3 Å². The molecule has 0 saturated carbocycles. The van der Waals surface area contributed by atoms with Crippen molar-refractivity contribution in [3.8, 4) is 5.75 Å². The Kier molecular flexibility index (Phi) is 8.32. The van der Waals surface area contributed by atoms with Gasteiger partial charge in [-0.25, -0.2) is 4.39 Å². The predicted octanol–water partition coefficient (Wildman–Crippen LogP) is 6.15. The fourth-order valence-corrected chi connectivity index (χ4v) is 5.49. The van der Waals surface area contributed by atoms with E-state index in [1.54, 1.807) is 22.3 Å². The number of nitrogens with zero attached hydrogens (tertiary/aromatic N) is 2. The number of halogens is 2. The Hall–Kier alpha value is -2.90. The molecule has 1 aliphatic heterocycles. The molecule has 1 atom stereocenters. The molecule has 5 nitrogen and oxygen atoms in total. The molecule has 0 spiro atoms. The Bertz CT molecular complexity index is 1230. The van der Waals surface area contributed by atoms with E-state index in [0.717, 1.165) is 17.5 Å². The van der Waals surface area contributed by atoms with Crippen LogP contribution in [0.25, 0.3) is 0 Å². The summed E-state index contributed by atoms with van der Waals surface area (Å²) in [6.07, 6.45) is 0.769. The van der Waals surface area contributed by atoms with Crippen molar-refractivity contribution in [1.29, 1.82) is 0 Å². The molecule has 36 heavy (non-hydrogen) atoms. The molecule has 0 N–H and O–H groups in total. The van der Waals surface area contributed by atoms with Crippen LogP contribution in [0.2, 0.25) is 5.02 Å². The average Bonchev–Trinajstić information content (AvgIpc) is 3.33. The number of thiophene rings is 1. The lowest BCUT2D eigenvalue weighted by Crippen LogP contribution is -2.48. The van der Waals surface area contributed by atoms with Crippen LogP contribution in [0.5, 0.6) is 5.75 Å². The van der Waals surface area contributed by atoms with Crippen LogP contribution in [0.3, 0.4) is 0 Å². The first kappa shape index (κ1) is 26.2. The van der Waals surface area contributed by atoms with Crippen LogP contribution in [0.1, 0.15) is 46.3 Å². The summed E-state index contributed by atoms with van der Waals surface area (Å²) in [6, 6.07) is 12.7. The molecular formula is C28H30ClFN2O3S. The first-order valence-electron chi connectivity index (χ1n) is 12.0. The largest absolute Gasteiger partial charge is 0.491 e. The normalized spacial score (nSPS) is 15.1. The van der Waals surface area contributed by atoms with E-state index < -0.39 is 5.82 Å². The predicted molar refractivity (Wildman–Crippen MR) is 141 cm³/mol. The third-order valence-electron chi connectivity index (χ3n) is 6.24. The number of rotatable bonds is 8. The van der Waals surface area contributed by atoms with Crippen molar-refractivity contribution < 1.29 is 18.7 Å². The fraction of sp³-hybridized carbons (Fsp3) is 0.357. The summed E-state index contributed by atoms with van der Waals surface area (Å²) in [5.41, 5.74) is 2.37. The van der Waals surface area contributed by atoms with Gasteiger partial charge in [-0.2, -0.15) is 0 Å². The van der Waals surface area contributed by atoms with Gasteiger partial charge in [0.15, 0.2) is 0 Å². The second kappa shape index (κ2) is 11.4. The maximum atomic E-state index is 13.6. The molecular weight excluding hydrogens is 499 g/mol. The number of aryl methyl sites for hydroxylation is 1. The molecule has 4 rings (SSSR count). The Morgan fingerprint density at radius 2 is 1.94 bits per heavy atom. The second-order valence-electron chi connectivity index (χ2n) is 9.46. The smallest absolute Gasteiger partial charge is 0.254 e. The minimum atomic E-state index is -0.406. The molecule has 0 radical (unpaired) electrons. The molecule has 8 heteroatoms. The Morgan fingerprint density at radius 3 is 2.64 bits per heavy atom. The molecule has 2 amide bonds. The van der Waals surface area contributed by atoms with Crippen molar-refractivity contribution in [3.05, 3.63) is 86.3 Å². The van der Waals surface area contributed by atoms with Gasteiger partial charge >= 0.3 is 0 Å². The Balaban J connectivity index is 1.53. The maximum Gasteiger partial charge on any atom is 0.254 e. The first-order valence-corrected chi connectivity index (χ1v) is 13.3. The summed E-state index contributed by atoms with van der Waals surface area (Å²) < 4.78 is 19.5. The lowest BCUT2D eigenvalue weighted by molar-refractivity contribution is -0.135. The van der Waals surface area contributed by atoms with Gasteiger partial charge in [-0.1, -0.05) is 25.4 Å². The number of hydrogen-bond donors (Lipinski definition) is 0. The van der Waals surface area contributed by atoms with Gasteiger partial charge in [-0.05, 0) is 84.3 Å². The number of carbonyl (C=O) groups is 2. The van der Waals surface area contributed by atoms with E-state index in [2.05, 4.69) is 6.07 Å². The average molecular weight is 529 g/mol. The summed E-state index contributed by atoms with van der Waals surface area (Å²) in [6.45, 7) is 7.14. The maximum absolute atomic E-state index is 13.6. The third kappa shape index (κ3) is 6.08. The number of ether oxygens (including phenoxy) is 1. The molecule has 2 aromatic carbocycles. The van der Waals surface area contributed by atoms with Gasteiger partial charge in [0, 0.05) is 28.6 Å². The summed E-state index contributed by atoms with van der Waals surface area (Å²) >= 11 is 7.84. The van der Waals surface area contributed by atoms with E-state index in [9.17, 15) is 14.0 Å². The summed E-state index contributed by atoms with van der Waals surface area (Å²) in [5.74, 6) is 0.0362. The highest BCUT2D eigenvalue weighted by atomic mass is 35.5. The molecule has 0 fully saturated rings. The standard InChI is InChI=1S/C28H30ClFN2O3S/c1-18(2)15-31(28(34)20-4-6-21(30)7-5-20)16-27(33)32-12-10-26-23(11-13-36-26)25(32)17-35-22-8-9-24(29)19(3)14-22/h4-9,11,13-14,18,25H,10,12,15-17H2,1-3H3. The molecule has 3 aromatic rings. The van der Waals surface area contributed by atoms with Crippen molar-refractivity contribution in [2.45, 2.75) is 33.2 Å². The molecule has 2 heterocycles. The van der Waals surface area contributed by atoms with Crippen molar-refractivity contribution in [1.82, 2.24) is 9.80 Å². The second-order valence-corrected chi connectivity index (χ2v) is 10.9. The Morgan fingerprint density at radius 1 is 1.19 bits per heavy atom. The summed E-state index contributed by atoms with van der Waals surface area (Å²) in [7, 11) is 0. The number of hydrogen-bond acceptors (Lipinski definition) is 4. The van der Waals surface area contributed by atoms with Crippen molar-refractivity contribution in [3.63, 3.8) is 0 Å². The third-order valence-corrected chi connectivity index (χ3v) is 7.66. The van der Waals surface area contributed by atoms with Gasteiger partial charge < -0.3 is 14.5 Å². The minimum absolute atomic E-state index is 0.0512. The van der Waals surface area contributed by atoms with Crippen LogP contribution in [0.4, 0.5) is 4.39 Å². The van der Waals surface area contributed by atoms with Gasteiger partial charge in [0.25, 0.3) is 5.91 Å². The molecule has 1 aliphatic rings. The molecule has 0 aliphatic carbocycles. The number of carbonyl (C=O) groups excluding carboxylic acids is 2. The van der Waals surface area contributed by atoms with Gasteiger partial charge in [-0.15, -0.1) is 11.3 Å². The van der Waals surface area contributed by atoms with Crippen LogP contribution in [0, 0.1) is 18.7 Å². The lowest BCUT2D eigenvalue weighted by Gasteiger charge is -2.37. The van der Waals surface area contributed by atoms with E-state index >= 15 is 0 Å². The van der Waals surface area contributed by atoms with Gasteiger partial charge in [0.05, 0.1) is 6.04 Å². The lowest BCUT2D eigenvalue weighted by atomic mass is 10.00. The highest BCUT2D eigenvalue weighted by molar-refractivity contribution is 7.10. The van der Waals surface area contributed by atoms with Gasteiger partial charge in [0.1, 0.15) is 24.7 Å². The van der Waals surface area contributed by atoms with E-state index in [1.807, 2.05) is 43.2 Å². The number of fused-ring (bicyclic) bond motifs is 1. The van der Waals surface area contributed by atoms with Crippen molar-refractivity contribution in [2.24, 2.45) is 5.92 Å². The zero-order valence-electron chi connectivity index (χ0n) is 20.7. The fourth-order valence-electron chi connectivity index (χ4n) is 4.45.